The topological polar surface area (TPSA) is 38.5 Å². The SMILES string of the molecule is Cc1ccc(N(C)CCON)cc1Br. The second kappa shape index (κ2) is 5.34. The highest BCUT2D eigenvalue weighted by atomic mass is 79.9. The molecule has 0 unspecified atom stereocenters. The molecule has 0 atom stereocenters. The molecule has 2 N–H and O–H groups in total. The van der Waals surface area contributed by atoms with Crippen molar-refractivity contribution in [3.8, 4) is 0 Å². The first-order valence-corrected chi connectivity index (χ1v) is 5.23. The summed E-state index contributed by atoms with van der Waals surface area (Å²) in [5.41, 5.74) is 2.39. The molecule has 1 aromatic rings. The van der Waals surface area contributed by atoms with E-state index in [4.69, 9.17) is 5.90 Å². The van der Waals surface area contributed by atoms with Gasteiger partial charge in [0.05, 0.1) is 6.61 Å². The van der Waals surface area contributed by atoms with Crippen LogP contribution in [0.4, 0.5) is 5.69 Å². The summed E-state index contributed by atoms with van der Waals surface area (Å²) in [5.74, 6) is 4.97. The molecular formula is C10H15BrN2O. The zero-order valence-corrected chi connectivity index (χ0v) is 10.0. The number of hydrogen-bond donors (Lipinski definition) is 1. The number of hydrogen-bond acceptors (Lipinski definition) is 3. The quantitative estimate of drug-likeness (QED) is 0.841. The molecule has 0 saturated carbocycles. The van der Waals surface area contributed by atoms with Crippen LogP contribution in [0.2, 0.25) is 0 Å². The molecule has 0 heterocycles. The van der Waals surface area contributed by atoms with E-state index in [0.717, 1.165) is 16.7 Å². The minimum absolute atomic E-state index is 0.530. The predicted molar refractivity (Wildman–Crippen MR) is 62.3 cm³/mol. The van der Waals surface area contributed by atoms with Crippen molar-refractivity contribution in [2.45, 2.75) is 6.92 Å². The van der Waals surface area contributed by atoms with Gasteiger partial charge in [0.25, 0.3) is 0 Å². The first-order chi connectivity index (χ1) is 6.65. The monoisotopic (exact) mass is 258 g/mol. The Morgan fingerprint density at radius 2 is 2.21 bits per heavy atom. The van der Waals surface area contributed by atoms with Crippen LogP contribution in [0.3, 0.4) is 0 Å². The standard InChI is InChI=1S/C10H15BrN2O/c1-8-3-4-9(7-10(8)11)13(2)5-6-14-12/h3-4,7H,5-6,12H2,1-2H3. The Morgan fingerprint density at radius 1 is 1.50 bits per heavy atom. The number of nitrogens with two attached hydrogens (primary N) is 1. The fraction of sp³-hybridized carbons (Fsp3) is 0.400. The summed E-state index contributed by atoms with van der Waals surface area (Å²) in [6.45, 7) is 3.38. The number of halogens is 1. The Bertz CT molecular complexity index is 304. The number of nitrogens with zero attached hydrogens (tertiary/aromatic N) is 1. The van der Waals surface area contributed by atoms with E-state index in [-0.39, 0.29) is 0 Å². The molecule has 78 valence electrons. The number of benzene rings is 1. The van der Waals surface area contributed by atoms with E-state index < -0.39 is 0 Å². The van der Waals surface area contributed by atoms with Crippen molar-refractivity contribution in [3.63, 3.8) is 0 Å². The van der Waals surface area contributed by atoms with Gasteiger partial charge >= 0.3 is 0 Å². The third-order valence-electron chi connectivity index (χ3n) is 2.14. The average Bonchev–Trinajstić information content (AvgIpc) is 2.18. The van der Waals surface area contributed by atoms with Crippen molar-refractivity contribution in [1.82, 2.24) is 0 Å². The van der Waals surface area contributed by atoms with Crippen molar-refractivity contribution in [2.75, 3.05) is 25.1 Å². The van der Waals surface area contributed by atoms with Crippen molar-refractivity contribution < 1.29 is 4.84 Å². The Hall–Kier alpha value is -0.580. The third kappa shape index (κ3) is 2.97. The van der Waals surface area contributed by atoms with Gasteiger partial charge in [-0.05, 0) is 24.6 Å². The van der Waals surface area contributed by atoms with Gasteiger partial charge < -0.3 is 9.74 Å². The normalized spacial score (nSPS) is 10.3. The van der Waals surface area contributed by atoms with Gasteiger partial charge in [0, 0.05) is 23.8 Å². The summed E-state index contributed by atoms with van der Waals surface area (Å²) in [6.07, 6.45) is 0. The van der Waals surface area contributed by atoms with Crippen molar-refractivity contribution >= 4 is 21.6 Å². The maximum absolute atomic E-state index is 4.97. The molecule has 0 spiro atoms. The second-order valence-electron chi connectivity index (χ2n) is 3.23. The Kier molecular flexibility index (Phi) is 4.38. The molecule has 1 aromatic carbocycles. The molecule has 1 rings (SSSR count). The van der Waals surface area contributed by atoms with Crippen LogP contribution in [0.1, 0.15) is 5.56 Å². The van der Waals surface area contributed by atoms with Gasteiger partial charge in [-0.3, -0.25) is 0 Å². The molecule has 0 aliphatic rings. The summed E-state index contributed by atoms with van der Waals surface area (Å²) in [6, 6.07) is 6.25. The van der Waals surface area contributed by atoms with Crippen LogP contribution in [0.25, 0.3) is 0 Å². The number of likely N-dealkylation sites (N-methyl/N-ethyl adjacent to an activating group) is 1. The Labute approximate surface area is 92.9 Å². The molecular weight excluding hydrogens is 244 g/mol. The lowest BCUT2D eigenvalue weighted by molar-refractivity contribution is 0.145. The summed E-state index contributed by atoms with van der Waals surface area (Å²) >= 11 is 3.50. The van der Waals surface area contributed by atoms with Gasteiger partial charge in [0.2, 0.25) is 0 Å². The van der Waals surface area contributed by atoms with Crippen molar-refractivity contribution in [3.05, 3.63) is 28.2 Å². The Balaban J connectivity index is 2.70. The molecule has 3 nitrogen and oxygen atoms in total. The van der Waals surface area contributed by atoms with Gasteiger partial charge in [0.15, 0.2) is 0 Å². The van der Waals surface area contributed by atoms with E-state index in [9.17, 15) is 0 Å². The zero-order chi connectivity index (χ0) is 10.6. The average molecular weight is 259 g/mol. The molecule has 0 aliphatic heterocycles. The fourth-order valence-corrected chi connectivity index (χ4v) is 1.50. The fourth-order valence-electron chi connectivity index (χ4n) is 1.14. The number of rotatable bonds is 4. The maximum atomic E-state index is 4.97. The van der Waals surface area contributed by atoms with Crippen LogP contribution < -0.4 is 10.8 Å². The predicted octanol–water partition coefficient (Wildman–Crippen LogP) is 2.08. The molecule has 0 amide bonds. The van der Waals surface area contributed by atoms with Gasteiger partial charge in [-0.2, -0.15) is 0 Å². The van der Waals surface area contributed by atoms with E-state index in [1.165, 1.54) is 5.56 Å². The van der Waals surface area contributed by atoms with E-state index in [1.807, 2.05) is 7.05 Å². The molecule has 4 heteroatoms. The van der Waals surface area contributed by atoms with E-state index in [2.05, 4.69) is 50.8 Å². The highest BCUT2D eigenvalue weighted by molar-refractivity contribution is 9.10. The van der Waals surface area contributed by atoms with Gasteiger partial charge in [-0.25, -0.2) is 5.90 Å². The summed E-state index contributed by atoms with van der Waals surface area (Å²) in [7, 11) is 2.01. The van der Waals surface area contributed by atoms with Crippen LogP contribution in [-0.4, -0.2) is 20.2 Å². The summed E-state index contributed by atoms with van der Waals surface area (Å²) in [5, 5.41) is 0. The first-order valence-electron chi connectivity index (χ1n) is 4.44. The minimum atomic E-state index is 0.530. The molecule has 0 saturated heterocycles. The van der Waals surface area contributed by atoms with E-state index in [1.54, 1.807) is 0 Å². The number of aryl methyl sites for hydroxylation is 1. The van der Waals surface area contributed by atoms with Crippen LogP contribution in [0, 0.1) is 6.92 Å². The first kappa shape index (κ1) is 11.5. The van der Waals surface area contributed by atoms with Gasteiger partial charge in [-0.15, -0.1) is 0 Å². The lowest BCUT2D eigenvalue weighted by atomic mass is 10.2. The van der Waals surface area contributed by atoms with E-state index in [0.29, 0.717) is 6.61 Å². The lowest BCUT2D eigenvalue weighted by Gasteiger charge is -2.19. The lowest BCUT2D eigenvalue weighted by Crippen LogP contribution is -2.23. The molecule has 14 heavy (non-hydrogen) atoms. The third-order valence-corrected chi connectivity index (χ3v) is 3.00. The smallest absolute Gasteiger partial charge is 0.0854 e. The van der Waals surface area contributed by atoms with Crippen LogP contribution in [-0.2, 0) is 4.84 Å². The minimum Gasteiger partial charge on any atom is -0.372 e. The second-order valence-corrected chi connectivity index (χ2v) is 4.08. The van der Waals surface area contributed by atoms with Crippen molar-refractivity contribution in [2.24, 2.45) is 5.90 Å². The van der Waals surface area contributed by atoms with Crippen LogP contribution in [0.5, 0.6) is 0 Å². The van der Waals surface area contributed by atoms with Crippen molar-refractivity contribution in [1.29, 1.82) is 0 Å². The molecule has 0 radical (unpaired) electrons. The van der Waals surface area contributed by atoms with Gasteiger partial charge in [-0.1, -0.05) is 22.0 Å². The molecule has 0 fully saturated rings. The molecule has 0 bridgehead atoms. The Morgan fingerprint density at radius 3 is 2.79 bits per heavy atom. The van der Waals surface area contributed by atoms with E-state index >= 15 is 0 Å². The highest BCUT2D eigenvalue weighted by Gasteiger charge is 2.02. The number of anilines is 1. The molecule has 0 aromatic heterocycles. The van der Waals surface area contributed by atoms with Gasteiger partial charge in [0.1, 0.15) is 0 Å². The summed E-state index contributed by atoms with van der Waals surface area (Å²) in [4.78, 5) is 6.63. The zero-order valence-electron chi connectivity index (χ0n) is 8.46. The molecule has 0 aliphatic carbocycles. The van der Waals surface area contributed by atoms with Crippen LogP contribution >= 0.6 is 15.9 Å². The largest absolute Gasteiger partial charge is 0.372 e. The maximum Gasteiger partial charge on any atom is 0.0854 e. The highest BCUT2D eigenvalue weighted by Crippen LogP contribution is 2.22. The van der Waals surface area contributed by atoms with Crippen LogP contribution in [0.15, 0.2) is 22.7 Å². The summed E-state index contributed by atoms with van der Waals surface area (Å²) < 4.78 is 1.12.